The number of aromatic nitrogens is 1. The third-order valence-electron chi connectivity index (χ3n) is 3.70. The van der Waals surface area contributed by atoms with Crippen molar-refractivity contribution in [1.82, 2.24) is 10.3 Å². The molecule has 110 valence electrons. The maximum atomic E-state index is 6.23. The summed E-state index contributed by atoms with van der Waals surface area (Å²) >= 11 is 12.5. The zero-order chi connectivity index (χ0) is 14.7. The normalized spacial score (nSPS) is 19.4. The lowest BCUT2D eigenvalue weighted by atomic mass is 9.96. The van der Waals surface area contributed by atoms with Crippen LogP contribution in [-0.4, -0.2) is 18.1 Å². The Morgan fingerprint density at radius 2 is 2.00 bits per heavy atom. The Morgan fingerprint density at radius 3 is 2.62 bits per heavy atom. The summed E-state index contributed by atoms with van der Waals surface area (Å²) in [4.78, 5) is 4.20. The van der Waals surface area contributed by atoms with E-state index in [2.05, 4.69) is 10.3 Å². The van der Waals surface area contributed by atoms with Gasteiger partial charge in [0.05, 0.1) is 10.0 Å². The second kappa shape index (κ2) is 6.65. The van der Waals surface area contributed by atoms with Crippen molar-refractivity contribution in [3.05, 3.63) is 58.3 Å². The monoisotopic (exact) mass is 322 g/mol. The van der Waals surface area contributed by atoms with Crippen molar-refractivity contribution in [2.45, 2.75) is 12.5 Å². The minimum Gasteiger partial charge on any atom is -0.482 e. The van der Waals surface area contributed by atoms with Crippen LogP contribution in [0, 0.1) is 5.92 Å². The van der Waals surface area contributed by atoms with E-state index < -0.39 is 0 Å². The van der Waals surface area contributed by atoms with Gasteiger partial charge < -0.3 is 10.1 Å². The summed E-state index contributed by atoms with van der Waals surface area (Å²) in [6.07, 6.45) is 4.55. The van der Waals surface area contributed by atoms with E-state index in [4.69, 9.17) is 27.9 Å². The third-order valence-corrected chi connectivity index (χ3v) is 4.30. The van der Waals surface area contributed by atoms with Gasteiger partial charge in [0.25, 0.3) is 0 Å². The second-order valence-electron chi connectivity index (χ2n) is 5.13. The van der Waals surface area contributed by atoms with Gasteiger partial charge in [0, 0.05) is 30.4 Å². The highest BCUT2D eigenvalue weighted by molar-refractivity contribution is 6.37. The molecule has 1 unspecified atom stereocenters. The van der Waals surface area contributed by atoms with Crippen LogP contribution < -0.4 is 10.1 Å². The molecule has 2 atom stereocenters. The van der Waals surface area contributed by atoms with Crippen LogP contribution in [0.1, 0.15) is 18.1 Å². The molecule has 1 aromatic carbocycles. The fraction of sp³-hybridized carbons (Fsp3) is 0.312. The van der Waals surface area contributed by atoms with Crippen molar-refractivity contribution in [2.75, 3.05) is 13.1 Å². The highest BCUT2D eigenvalue weighted by Crippen LogP contribution is 2.39. The van der Waals surface area contributed by atoms with Crippen molar-refractivity contribution in [2.24, 2.45) is 5.92 Å². The first kappa shape index (κ1) is 14.6. The SMILES string of the molecule is Clc1cccc(Cl)c1OC(c1cccnc1)[C@H]1CCNC1. The summed E-state index contributed by atoms with van der Waals surface area (Å²) in [5.74, 6) is 0.920. The van der Waals surface area contributed by atoms with Crippen molar-refractivity contribution >= 4 is 23.2 Å². The number of hydrogen-bond donors (Lipinski definition) is 1. The molecule has 1 aliphatic rings. The van der Waals surface area contributed by atoms with Gasteiger partial charge in [-0.05, 0) is 31.2 Å². The van der Waals surface area contributed by atoms with E-state index in [1.54, 1.807) is 18.3 Å². The highest BCUT2D eigenvalue weighted by atomic mass is 35.5. The predicted octanol–water partition coefficient (Wildman–Crippen LogP) is 4.12. The first-order chi connectivity index (χ1) is 10.3. The lowest BCUT2D eigenvalue weighted by molar-refractivity contribution is 0.144. The molecule has 1 aliphatic heterocycles. The fourth-order valence-electron chi connectivity index (χ4n) is 2.64. The number of rotatable bonds is 4. The van der Waals surface area contributed by atoms with Crippen molar-refractivity contribution in [1.29, 1.82) is 0 Å². The van der Waals surface area contributed by atoms with Crippen molar-refractivity contribution < 1.29 is 4.74 Å². The Hall–Kier alpha value is -1.29. The summed E-state index contributed by atoms with van der Waals surface area (Å²) in [5.41, 5.74) is 1.04. The zero-order valence-electron chi connectivity index (χ0n) is 11.4. The van der Waals surface area contributed by atoms with Crippen LogP contribution in [0.15, 0.2) is 42.7 Å². The third kappa shape index (κ3) is 3.31. The smallest absolute Gasteiger partial charge is 0.157 e. The van der Waals surface area contributed by atoms with Gasteiger partial charge in [-0.1, -0.05) is 35.3 Å². The minimum atomic E-state index is -0.105. The molecule has 2 heterocycles. The summed E-state index contributed by atoms with van der Waals surface area (Å²) in [6.45, 7) is 1.92. The number of nitrogens with zero attached hydrogens (tertiary/aromatic N) is 1. The van der Waals surface area contributed by atoms with Crippen molar-refractivity contribution in [3.63, 3.8) is 0 Å². The summed E-state index contributed by atoms with van der Waals surface area (Å²) in [5, 5.41) is 4.43. The molecule has 0 aliphatic carbocycles. The van der Waals surface area contributed by atoms with E-state index in [1.807, 2.05) is 24.4 Å². The Bertz CT molecular complexity index is 580. The molecule has 21 heavy (non-hydrogen) atoms. The molecular weight excluding hydrogens is 307 g/mol. The van der Waals surface area contributed by atoms with Gasteiger partial charge >= 0.3 is 0 Å². The molecular formula is C16H16Cl2N2O. The van der Waals surface area contributed by atoms with Gasteiger partial charge in [0.2, 0.25) is 0 Å². The number of hydrogen-bond acceptors (Lipinski definition) is 3. The number of para-hydroxylation sites is 1. The number of halogens is 2. The Balaban J connectivity index is 1.92. The van der Waals surface area contributed by atoms with E-state index in [9.17, 15) is 0 Å². The van der Waals surface area contributed by atoms with Crippen LogP contribution in [0.3, 0.4) is 0 Å². The quantitative estimate of drug-likeness (QED) is 0.919. The van der Waals surface area contributed by atoms with E-state index in [-0.39, 0.29) is 6.10 Å². The van der Waals surface area contributed by atoms with Gasteiger partial charge in [-0.2, -0.15) is 0 Å². The molecule has 0 saturated carbocycles. The summed E-state index contributed by atoms with van der Waals surface area (Å²) in [7, 11) is 0. The average molecular weight is 323 g/mol. The Labute approximate surface area is 134 Å². The van der Waals surface area contributed by atoms with Crippen LogP contribution in [-0.2, 0) is 0 Å². The average Bonchev–Trinajstić information content (AvgIpc) is 3.02. The number of benzene rings is 1. The summed E-state index contributed by atoms with van der Waals surface area (Å²) in [6, 6.07) is 9.34. The molecule has 2 aromatic rings. The minimum absolute atomic E-state index is 0.105. The molecule has 3 rings (SSSR count). The Morgan fingerprint density at radius 1 is 1.19 bits per heavy atom. The molecule has 1 fully saturated rings. The zero-order valence-corrected chi connectivity index (χ0v) is 12.9. The molecule has 5 heteroatoms. The van der Waals surface area contributed by atoms with E-state index >= 15 is 0 Å². The van der Waals surface area contributed by atoms with E-state index in [0.717, 1.165) is 25.1 Å². The number of nitrogens with one attached hydrogen (secondary N) is 1. The molecule has 0 spiro atoms. The topological polar surface area (TPSA) is 34.1 Å². The molecule has 1 aromatic heterocycles. The fourth-order valence-corrected chi connectivity index (χ4v) is 3.12. The lowest BCUT2D eigenvalue weighted by Crippen LogP contribution is -2.21. The van der Waals surface area contributed by atoms with Gasteiger partial charge in [-0.15, -0.1) is 0 Å². The second-order valence-corrected chi connectivity index (χ2v) is 5.94. The molecule has 0 bridgehead atoms. The number of ether oxygens (including phenoxy) is 1. The van der Waals surface area contributed by atoms with Gasteiger partial charge in [-0.25, -0.2) is 0 Å². The molecule has 1 saturated heterocycles. The largest absolute Gasteiger partial charge is 0.482 e. The summed E-state index contributed by atoms with van der Waals surface area (Å²) < 4.78 is 6.20. The lowest BCUT2D eigenvalue weighted by Gasteiger charge is -2.25. The first-order valence-corrected chi connectivity index (χ1v) is 7.72. The van der Waals surface area contributed by atoms with Crippen LogP contribution in [0.2, 0.25) is 10.0 Å². The van der Waals surface area contributed by atoms with Crippen LogP contribution in [0.4, 0.5) is 0 Å². The maximum Gasteiger partial charge on any atom is 0.157 e. The van der Waals surface area contributed by atoms with E-state index in [0.29, 0.717) is 21.7 Å². The standard InChI is InChI=1S/C16H16Cl2N2O/c17-13-4-1-5-14(18)16(13)21-15(12-6-8-20-10-12)11-3-2-7-19-9-11/h1-5,7,9,12,15,20H,6,8,10H2/t12-,15?/m0/s1. The van der Waals surface area contributed by atoms with Crippen molar-refractivity contribution in [3.8, 4) is 5.75 Å². The highest BCUT2D eigenvalue weighted by Gasteiger charge is 2.29. The van der Waals surface area contributed by atoms with E-state index in [1.165, 1.54) is 0 Å². The molecule has 1 N–H and O–H groups in total. The van der Waals surface area contributed by atoms with Crippen LogP contribution in [0.5, 0.6) is 5.75 Å². The molecule has 3 nitrogen and oxygen atoms in total. The number of pyridine rings is 1. The first-order valence-electron chi connectivity index (χ1n) is 6.97. The van der Waals surface area contributed by atoms with Gasteiger partial charge in [-0.3, -0.25) is 4.98 Å². The van der Waals surface area contributed by atoms with Crippen LogP contribution >= 0.6 is 23.2 Å². The van der Waals surface area contributed by atoms with Gasteiger partial charge in [0.15, 0.2) is 5.75 Å². The van der Waals surface area contributed by atoms with Crippen LogP contribution in [0.25, 0.3) is 0 Å². The molecule has 0 radical (unpaired) electrons. The Kier molecular flexibility index (Phi) is 4.63. The predicted molar refractivity (Wildman–Crippen MR) is 85.0 cm³/mol. The molecule has 0 amide bonds. The van der Waals surface area contributed by atoms with Gasteiger partial charge in [0.1, 0.15) is 6.10 Å². The maximum absolute atomic E-state index is 6.23.